The lowest BCUT2D eigenvalue weighted by atomic mass is 9.83. The summed E-state index contributed by atoms with van der Waals surface area (Å²) in [5.41, 5.74) is 1.39. The standard InChI is InChI=1S/C43H55N3O8.ClH/c1-44(2)35(25-31-17-21-45(22-18-31)40(47)15-11-9-13-33-27-36(49-3)42(53-7)37(28-33)50-4)26-32-19-23-46(24-20-32)41(48)16-12-10-14-34-29-38(51-5)43(54-8)39(30-34)52-6;/h11-12,15-16,27-32,35H,17-26H2,1-8H3;1H/b15-11+,16-12+;. The average Bonchev–Trinajstić information content (AvgIpc) is 3.20. The SMILES string of the molecule is COc1cc(C#C/C=C/C(=O)N2CCC(CC(CC3CCN(C(=O)/C=C/C#Cc4cc(OC)c(OC)c(OC)c4)CC3)N(C)C)CC2)cc(OC)c1OC.Cl. The molecule has 2 aliphatic heterocycles. The fourth-order valence-electron chi connectivity index (χ4n) is 7.06. The van der Waals surface area contributed by atoms with Crippen LogP contribution in [0.25, 0.3) is 0 Å². The first-order valence-corrected chi connectivity index (χ1v) is 18.3. The van der Waals surface area contributed by atoms with Crippen molar-refractivity contribution < 1.29 is 38.0 Å². The van der Waals surface area contributed by atoms with E-state index in [-0.39, 0.29) is 24.2 Å². The quantitative estimate of drug-likeness (QED) is 0.183. The molecule has 55 heavy (non-hydrogen) atoms. The highest BCUT2D eigenvalue weighted by Crippen LogP contribution is 2.39. The molecular weight excluding hydrogens is 722 g/mol. The molecule has 0 atom stereocenters. The summed E-state index contributed by atoms with van der Waals surface area (Å²) in [6.07, 6.45) is 12.5. The van der Waals surface area contributed by atoms with Crippen LogP contribution in [-0.4, -0.2) is 115 Å². The van der Waals surface area contributed by atoms with E-state index in [1.165, 1.54) is 0 Å². The van der Waals surface area contributed by atoms with Gasteiger partial charge in [0.25, 0.3) is 0 Å². The van der Waals surface area contributed by atoms with Gasteiger partial charge in [-0.15, -0.1) is 12.4 Å². The monoisotopic (exact) mass is 777 g/mol. The zero-order valence-corrected chi connectivity index (χ0v) is 34.3. The van der Waals surface area contributed by atoms with Crippen LogP contribution in [0.2, 0.25) is 0 Å². The highest BCUT2D eigenvalue weighted by Gasteiger charge is 2.29. The van der Waals surface area contributed by atoms with Gasteiger partial charge < -0.3 is 43.1 Å². The molecule has 2 fully saturated rings. The Kier molecular flexibility index (Phi) is 18.1. The Morgan fingerprint density at radius 1 is 0.636 bits per heavy atom. The Labute approximate surface area is 333 Å². The molecule has 0 unspecified atom stereocenters. The van der Waals surface area contributed by atoms with Crippen molar-refractivity contribution in [3.8, 4) is 58.2 Å². The molecule has 2 aliphatic rings. The Balaban J connectivity index is 0.00000812. The topological polar surface area (TPSA) is 99.2 Å². The maximum absolute atomic E-state index is 12.9. The zero-order valence-electron chi connectivity index (χ0n) is 33.4. The molecular formula is C43H56ClN3O8. The fraction of sp³-hybridized carbons (Fsp3) is 0.488. The minimum atomic E-state index is -0.0152. The zero-order chi connectivity index (χ0) is 39.0. The summed E-state index contributed by atoms with van der Waals surface area (Å²) >= 11 is 0. The molecule has 12 heteroatoms. The van der Waals surface area contributed by atoms with Crippen molar-refractivity contribution in [3.05, 3.63) is 59.7 Å². The largest absolute Gasteiger partial charge is 0.493 e. The van der Waals surface area contributed by atoms with E-state index >= 15 is 0 Å². The number of piperidine rings is 2. The first-order chi connectivity index (χ1) is 26.1. The number of allylic oxidation sites excluding steroid dienone is 2. The number of ether oxygens (including phenoxy) is 6. The summed E-state index contributed by atoms with van der Waals surface area (Å²) in [6.45, 7) is 2.98. The van der Waals surface area contributed by atoms with Crippen LogP contribution < -0.4 is 28.4 Å². The molecule has 2 amide bonds. The predicted molar refractivity (Wildman–Crippen MR) is 217 cm³/mol. The summed E-state index contributed by atoms with van der Waals surface area (Å²) in [5, 5.41) is 0. The second-order valence-electron chi connectivity index (χ2n) is 13.7. The van der Waals surface area contributed by atoms with Gasteiger partial charge in [0.2, 0.25) is 23.3 Å². The number of likely N-dealkylation sites (tertiary alicyclic amines) is 2. The molecule has 0 saturated carbocycles. The van der Waals surface area contributed by atoms with Gasteiger partial charge in [-0.05, 0) is 101 Å². The lowest BCUT2D eigenvalue weighted by Crippen LogP contribution is -2.41. The van der Waals surface area contributed by atoms with E-state index in [1.807, 2.05) is 9.80 Å². The van der Waals surface area contributed by atoms with E-state index in [0.717, 1.165) is 64.7 Å². The van der Waals surface area contributed by atoms with Gasteiger partial charge >= 0.3 is 0 Å². The van der Waals surface area contributed by atoms with E-state index in [1.54, 1.807) is 91.2 Å². The number of nitrogens with zero attached hydrogens (tertiary/aromatic N) is 3. The van der Waals surface area contributed by atoms with Crippen molar-refractivity contribution in [1.82, 2.24) is 14.7 Å². The summed E-state index contributed by atoms with van der Waals surface area (Å²) in [5.74, 6) is 16.2. The summed E-state index contributed by atoms with van der Waals surface area (Å²) < 4.78 is 32.3. The van der Waals surface area contributed by atoms with Crippen LogP contribution in [0.3, 0.4) is 0 Å². The van der Waals surface area contributed by atoms with E-state index in [0.29, 0.717) is 63.5 Å². The first-order valence-electron chi connectivity index (χ1n) is 18.3. The second-order valence-corrected chi connectivity index (χ2v) is 13.7. The molecule has 2 aromatic carbocycles. The van der Waals surface area contributed by atoms with E-state index in [9.17, 15) is 9.59 Å². The van der Waals surface area contributed by atoms with Crippen LogP contribution in [0, 0.1) is 35.5 Å². The number of benzene rings is 2. The van der Waals surface area contributed by atoms with Gasteiger partial charge in [-0.2, -0.15) is 0 Å². The molecule has 2 aromatic rings. The Morgan fingerprint density at radius 2 is 0.964 bits per heavy atom. The predicted octanol–water partition coefficient (Wildman–Crippen LogP) is 5.86. The van der Waals surface area contributed by atoms with Crippen molar-refractivity contribution in [1.29, 1.82) is 0 Å². The van der Waals surface area contributed by atoms with E-state index < -0.39 is 0 Å². The summed E-state index contributed by atoms with van der Waals surface area (Å²) in [4.78, 5) is 32.0. The molecule has 0 N–H and O–H groups in total. The lowest BCUT2D eigenvalue weighted by Gasteiger charge is -2.38. The Hall–Kier alpha value is -4.97. The number of amides is 2. The van der Waals surface area contributed by atoms with E-state index in [4.69, 9.17) is 28.4 Å². The highest BCUT2D eigenvalue weighted by molar-refractivity contribution is 5.88. The van der Waals surface area contributed by atoms with Gasteiger partial charge in [0.1, 0.15) is 0 Å². The first kappa shape index (κ1) is 44.4. The Morgan fingerprint density at radius 3 is 1.24 bits per heavy atom. The van der Waals surface area contributed by atoms with Gasteiger partial charge in [-0.3, -0.25) is 9.59 Å². The van der Waals surface area contributed by atoms with Gasteiger partial charge in [0.05, 0.1) is 42.7 Å². The molecule has 0 aromatic heterocycles. The number of halogens is 1. The minimum Gasteiger partial charge on any atom is -0.493 e. The molecule has 0 aliphatic carbocycles. The summed E-state index contributed by atoms with van der Waals surface area (Å²) in [7, 11) is 13.7. The van der Waals surface area contributed by atoms with Crippen LogP contribution >= 0.6 is 12.4 Å². The van der Waals surface area contributed by atoms with Crippen LogP contribution in [0.5, 0.6) is 34.5 Å². The van der Waals surface area contributed by atoms with Crippen LogP contribution in [0.1, 0.15) is 49.7 Å². The number of rotatable bonds is 13. The van der Waals surface area contributed by atoms with Gasteiger partial charge in [-0.1, -0.05) is 23.7 Å². The third kappa shape index (κ3) is 12.5. The van der Waals surface area contributed by atoms with Crippen LogP contribution in [-0.2, 0) is 9.59 Å². The smallest absolute Gasteiger partial charge is 0.247 e. The second kappa shape index (κ2) is 22.4. The molecule has 4 rings (SSSR count). The molecule has 11 nitrogen and oxygen atoms in total. The third-order valence-electron chi connectivity index (χ3n) is 10.2. The lowest BCUT2D eigenvalue weighted by molar-refractivity contribution is -0.128. The molecule has 2 heterocycles. The van der Waals surface area contributed by atoms with Crippen molar-refractivity contribution in [3.63, 3.8) is 0 Å². The fourth-order valence-corrected chi connectivity index (χ4v) is 7.06. The molecule has 2 saturated heterocycles. The minimum absolute atomic E-state index is 0. The third-order valence-corrected chi connectivity index (χ3v) is 10.2. The number of carbonyl (C=O) groups is 2. The number of methoxy groups -OCH3 is 6. The van der Waals surface area contributed by atoms with Gasteiger partial charge in [-0.25, -0.2) is 0 Å². The highest BCUT2D eigenvalue weighted by atomic mass is 35.5. The average molecular weight is 778 g/mol. The van der Waals surface area contributed by atoms with Crippen molar-refractivity contribution in [2.75, 3.05) is 82.9 Å². The number of hydrogen-bond donors (Lipinski definition) is 0. The van der Waals surface area contributed by atoms with Crippen LogP contribution in [0.15, 0.2) is 48.6 Å². The van der Waals surface area contributed by atoms with Crippen molar-refractivity contribution in [2.24, 2.45) is 11.8 Å². The summed E-state index contributed by atoms with van der Waals surface area (Å²) in [6, 6.07) is 7.56. The number of hydrogen-bond acceptors (Lipinski definition) is 9. The molecule has 298 valence electrons. The maximum atomic E-state index is 12.9. The van der Waals surface area contributed by atoms with Crippen LogP contribution in [0.4, 0.5) is 0 Å². The Bertz CT molecular complexity index is 1600. The van der Waals surface area contributed by atoms with Gasteiger partial charge in [0, 0.05) is 55.5 Å². The normalized spacial score (nSPS) is 14.9. The van der Waals surface area contributed by atoms with E-state index in [2.05, 4.69) is 42.7 Å². The van der Waals surface area contributed by atoms with Crippen molar-refractivity contribution in [2.45, 2.75) is 44.6 Å². The molecule has 0 radical (unpaired) electrons. The molecule has 0 spiro atoms. The number of carbonyl (C=O) groups excluding carboxylic acids is 2. The molecule has 0 bridgehead atoms. The van der Waals surface area contributed by atoms with Gasteiger partial charge in [0.15, 0.2) is 23.0 Å². The van der Waals surface area contributed by atoms with Crippen molar-refractivity contribution >= 4 is 24.2 Å². The maximum Gasteiger partial charge on any atom is 0.247 e.